The van der Waals surface area contributed by atoms with Gasteiger partial charge in [0.05, 0.1) is 10.5 Å². The Kier molecular flexibility index (Phi) is 5.13. The molecule has 1 saturated heterocycles. The second-order valence-corrected chi connectivity index (χ2v) is 8.37. The van der Waals surface area contributed by atoms with Crippen molar-refractivity contribution in [3.63, 3.8) is 0 Å². The van der Waals surface area contributed by atoms with Crippen LogP contribution in [0, 0.1) is 0 Å². The smallest absolute Gasteiger partial charge is 0.337 e. The van der Waals surface area contributed by atoms with Crippen LogP contribution >= 0.6 is 11.6 Å². The Balaban J connectivity index is 1.78. The van der Waals surface area contributed by atoms with E-state index in [2.05, 4.69) is 0 Å². The number of carboxylic acids is 1. The Labute approximate surface area is 151 Å². The molecule has 0 amide bonds. The molecule has 0 atom stereocenters. The van der Waals surface area contributed by atoms with Crippen molar-refractivity contribution in [2.24, 2.45) is 0 Å². The highest BCUT2D eigenvalue weighted by Gasteiger charge is 2.32. The van der Waals surface area contributed by atoms with E-state index in [-0.39, 0.29) is 16.4 Å². The number of carbonyl (C=O) groups is 1. The van der Waals surface area contributed by atoms with Gasteiger partial charge in [-0.25, -0.2) is 13.2 Å². The fourth-order valence-electron chi connectivity index (χ4n) is 3.17. The molecular weight excluding hydrogens is 362 g/mol. The monoisotopic (exact) mass is 379 g/mol. The van der Waals surface area contributed by atoms with Gasteiger partial charge in [-0.3, -0.25) is 0 Å². The number of halogens is 1. The number of hydrogen-bond donors (Lipinski definition) is 1. The summed E-state index contributed by atoms with van der Waals surface area (Å²) in [6.45, 7) is 0.729. The maximum Gasteiger partial charge on any atom is 0.337 e. The molecule has 0 radical (unpaired) electrons. The number of sulfonamides is 1. The first-order valence-electron chi connectivity index (χ1n) is 7.97. The highest BCUT2D eigenvalue weighted by atomic mass is 35.5. The predicted octanol–water partition coefficient (Wildman–Crippen LogP) is 3.61. The molecule has 1 heterocycles. The minimum absolute atomic E-state index is 0.146. The third-order valence-corrected chi connectivity index (χ3v) is 6.74. The van der Waals surface area contributed by atoms with E-state index >= 15 is 0 Å². The molecule has 1 aliphatic heterocycles. The van der Waals surface area contributed by atoms with Gasteiger partial charge in [0.15, 0.2) is 0 Å². The van der Waals surface area contributed by atoms with E-state index in [0.717, 1.165) is 5.56 Å². The first-order chi connectivity index (χ1) is 11.9. The number of carboxylic acid groups (broad SMARTS) is 1. The molecule has 25 heavy (non-hydrogen) atoms. The summed E-state index contributed by atoms with van der Waals surface area (Å²) in [6, 6.07) is 13.3. The van der Waals surface area contributed by atoms with E-state index in [9.17, 15) is 18.3 Å². The van der Waals surface area contributed by atoms with Gasteiger partial charge in [-0.15, -0.1) is 0 Å². The topological polar surface area (TPSA) is 74.7 Å². The summed E-state index contributed by atoms with van der Waals surface area (Å²) in [5, 5.41) is 9.92. The molecule has 0 bridgehead atoms. The Morgan fingerprint density at radius 3 is 2.24 bits per heavy atom. The lowest BCUT2D eigenvalue weighted by Gasteiger charge is -2.31. The zero-order valence-electron chi connectivity index (χ0n) is 13.4. The predicted molar refractivity (Wildman–Crippen MR) is 95.6 cm³/mol. The molecule has 0 spiro atoms. The van der Waals surface area contributed by atoms with Crippen LogP contribution in [0.1, 0.15) is 34.7 Å². The Morgan fingerprint density at radius 2 is 1.64 bits per heavy atom. The van der Waals surface area contributed by atoms with Crippen LogP contribution in [0.25, 0.3) is 0 Å². The van der Waals surface area contributed by atoms with Crippen molar-refractivity contribution in [2.45, 2.75) is 23.7 Å². The number of aromatic carboxylic acids is 1. The van der Waals surface area contributed by atoms with Crippen LogP contribution in [0.15, 0.2) is 53.4 Å². The van der Waals surface area contributed by atoms with Crippen LogP contribution in [0.2, 0.25) is 5.02 Å². The van der Waals surface area contributed by atoms with Gasteiger partial charge in [0.1, 0.15) is 0 Å². The quantitative estimate of drug-likeness (QED) is 0.880. The molecule has 0 aromatic heterocycles. The Morgan fingerprint density at radius 1 is 1.04 bits per heavy atom. The van der Waals surface area contributed by atoms with E-state index in [1.54, 1.807) is 6.07 Å². The molecule has 1 fully saturated rings. The molecule has 3 rings (SSSR count). The first-order valence-corrected chi connectivity index (χ1v) is 9.79. The van der Waals surface area contributed by atoms with Gasteiger partial charge in [0.2, 0.25) is 10.0 Å². The third kappa shape index (κ3) is 3.71. The van der Waals surface area contributed by atoms with Crippen LogP contribution in [-0.4, -0.2) is 36.9 Å². The largest absolute Gasteiger partial charge is 0.478 e. The Bertz CT molecular complexity index is 872. The molecule has 2 aromatic carbocycles. The Hall–Kier alpha value is -1.89. The van der Waals surface area contributed by atoms with Gasteiger partial charge in [0, 0.05) is 18.1 Å². The number of rotatable bonds is 4. The zero-order chi connectivity index (χ0) is 18.0. The number of piperidine rings is 1. The summed E-state index contributed by atoms with van der Waals surface area (Å²) in [5.74, 6) is -0.964. The average molecular weight is 380 g/mol. The van der Waals surface area contributed by atoms with E-state index in [4.69, 9.17) is 11.6 Å². The van der Waals surface area contributed by atoms with Crippen molar-refractivity contribution in [1.82, 2.24) is 4.31 Å². The van der Waals surface area contributed by atoms with Crippen molar-refractivity contribution in [1.29, 1.82) is 0 Å². The first kappa shape index (κ1) is 17.9. The SMILES string of the molecule is O=C(O)c1ccccc1S(=O)(=O)N1CCC(c2ccc(Cl)cc2)CC1. The molecular formula is C18H18ClNO4S. The molecule has 0 unspecified atom stereocenters. The standard InChI is InChI=1S/C18H18ClNO4S/c19-15-7-5-13(6-8-15)14-9-11-20(12-10-14)25(23,24)17-4-2-1-3-16(17)18(21)22/h1-8,14H,9-12H2,(H,21,22). The van der Waals surface area contributed by atoms with Crippen molar-refractivity contribution in [2.75, 3.05) is 13.1 Å². The number of hydrogen-bond acceptors (Lipinski definition) is 3. The molecule has 5 nitrogen and oxygen atoms in total. The minimum Gasteiger partial charge on any atom is -0.478 e. The number of nitrogens with zero attached hydrogens (tertiary/aromatic N) is 1. The van der Waals surface area contributed by atoms with Crippen molar-refractivity contribution in [3.8, 4) is 0 Å². The maximum atomic E-state index is 12.8. The second kappa shape index (κ2) is 7.15. The lowest BCUT2D eigenvalue weighted by molar-refractivity contribution is 0.0692. The van der Waals surface area contributed by atoms with E-state index in [1.807, 2.05) is 24.3 Å². The summed E-state index contributed by atoms with van der Waals surface area (Å²) in [4.78, 5) is 11.2. The van der Waals surface area contributed by atoms with Gasteiger partial charge in [-0.1, -0.05) is 35.9 Å². The van der Waals surface area contributed by atoms with Crippen molar-refractivity contribution < 1.29 is 18.3 Å². The summed E-state index contributed by atoms with van der Waals surface area (Å²) in [7, 11) is -3.82. The van der Waals surface area contributed by atoms with Gasteiger partial charge in [-0.2, -0.15) is 4.31 Å². The lowest BCUT2D eigenvalue weighted by atomic mass is 9.90. The van der Waals surface area contributed by atoms with Crippen molar-refractivity contribution in [3.05, 3.63) is 64.7 Å². The summed E-state index contributed by atoms with van der Waals surface area (Å²) in [5.41, 5.74) is 0.953. The van der Waals surface area contributed by atoms with E-state index in [1.165, 1.54) is 22.5 Å². The molecule has 2 aromatic rings. The summed E-state index contributed by atoms with van der Waals surface area (Å²) in [6.07, 6.45) is 1.38. The molecule has 1 N–H and O–H groups in total. The van der Waals surface area contributed by atoms with Gasteiger partial charge in [-0.05, 0) is 48.6 Å². The fraction of sp³-hybridized carbons (Fsp3) is 0.278. The summed E-state index contributed by atoms with van der Waals surface area (Å²) < 4.78 is 27.1. The average Bonchev–Trinajstić information content (AvgIpc) is 2.62. The molecule has 132 valence electrons. The highest BCUT2D eigenvalue weighted by Crippen LogP contribution is 2.32. The number of benzene rings is 2. The zero-order valence-corrected chi connectivity index (χ0v) is 15.0. The molecule has 0 aliphatic carbocycles. The highest BCUT2D eigenvalue weighted by molar-refractivity contribution is 7.89. The van der Waals surface area contributed by atoms with E-state index < -0.39 is 16.0 Å². The van der Waals surface area contributed by atoms with Crippen molar-refractivity contribution >= 4 is 27.6 Å². The maximum absolute atomic E-state index is 12.8. The summed E-state index contributed by atoms with van der Waals surface area (Å²) >= 11 is 5.91. The van der Waals surface area contributed by atoms with E-state index in [0.29, 0.717) is 31.0 Å². The second-order valence-electron chi connectivity index (χ2n) is 6.03. The third-order valence-electron chi connectivity index (χ3n) is 4.53. The molecule has 7 heteroatoms. The van der Waals surface area contributed by atoms with Crippen LogP contribution in [0.5, 0.6) is 0 Å². The van der Waals surface area contributed by atoms with Crippen LogP contribution in [0.3, 0.4) is 0 Å². The molecule has 1 aliphatic rings. The van der Waals surface area contributed by atoms with Gasteiger partial charge >= 0.3 is 5.97 Å². The van der Waals surface area contributed by atoms with Crippen LogP contribution < -0.4 is 0 Å². The normalized spacial score (nSPS) is 16.7. The van der Waals surface area contributed by atoms with Crippen LogP contribution in [0.4, 0.5) is 0 Å². The van der Waals surface area contributed by atoms with Crippen LogP contribution in [-0.2, 0) is 10.0 Å². The van der Waals surface area contributed by atoms with Gasteiger partial charge < -0.3 is 5.11 Å². The van der Waals surface area contributed by atoms with Gasteiger partial charge in [0.25, 0.3) is 0 Å². The fourth-order valence-corrected chi connectivity index (χ4v) is 4.95. The lowest BCUT2D eigenvalue weighted by Crippen LogP contribution is -2.38. The minimum atomic E-state index is -3.82. The molecule has 0 saturated carbocycles.